The lowest BCUT2D eigenvalue weighted by atomic mass is 9.79. The summed E-state index contributed by atoms with van der Waals surface area (Å²) in [6.45, 7) is 9.24. The molecule has 0 spiro atoms. The fourth-order valence-electron chi connectivity index (χ4n) is 3.33. The van der Waals surface area contributed by atoms with Crippen molar-refractivity contribution in [1.82, 2.24) is 4.90 Å². The predicted molar refractivity (Wildman–Crippen MR) is 86.8 cm³/mol. The average Bonchev–Trinajstić information content (AvgIpc) is 2.96. The number of likely N-dealkylation sites (tertiary alicyclic amines) is 1. The van der Waals surface area contributed by atoms with Crippen LogP contribution in [0, 0.1) is 11.8 Å². The van der Waals surface area contributed by atoms with Crippen molar-refractivity contribution in [1.29, 1.82) is 0 Å². The van der Waals surface area contributed by atoms with Crippen molar-refractivity contribution in [3.63, 3.8) is 0 Å². The molecule has 0 saturated carbocycles. The smallest absolute Gasteiger partial charge is 0.457 e. The van der Waals surface area contributed by atoms with Gasteiger partial charge in [0.1, 0.15) is 0 Å². The van der Waals surface area contributed by atoms with E-state index in [0.717, 1.165) is 25.6 Å². The zero-order chi connectivity index (χ0) is 17.3. The number of hydrogen-bond donors (Lipinski definition) is 0. The van der Waals surface area contributed by atoms with Crippen molar-refractivity contribution in [3.8, 4) is 0 Å². The zero-order valence-corrected chi connectivity index (χ0v) is 14.8. The number of methoxy groups -OCH3 is 1. The minimum absolute atomic E-state index is 0.148. The van der Waals surface area contributed by atoms with Gasteiger partial charge in [0.2, 0.25) is 6.41 Å². The molecule has 1 amide bonds. The fourth-order valence-corrected chi connectivity index (χ4v) is 3.33. The highest BCUT2D eigenvalue weighted by molar-refractivity contribution is 6.45. The Kier molecular flexibility index (Phi) is 5.41. The maximum absolute atomic E-state index is 11.9. The van der Waals surface area contributed by atoms with E-state index in [1.54, 1.807) is 4.90 Å². The van der Waals surface area contributed by atoms with Crippen LogP contribution in [0.4, 0.5) is 0 Å². The summed E-state index contributed by atoms with van der Waals surface area (Å²) in [5.41, 5.74) is -0.623. The number of carbonyl (C=O) groups excluding carboxylic acids is 2. The van der Waals surface area contributed by atoms with Crippen LogP contribution in [0.15, 0.2) is 0 Å². The number of esters is 1. The first-order chi connectivity index (χ1) is 10.7. The van der Waals surface area contributed by atoms with Gasteiger partial charge in [-0.3, -0.25) is 9.59 Å². The second-order valence-corrected chi connectivity index (χ2v) is 7.57. The van der Waals surface area contributed by atoms with Gasteiger partial charge in [-0.1, -0.05) is 6.42 Å². The van der Waals surface area contributed by atoms with E-state index >= 15 is 0 Å². The molecule has 2 rings (SSSR count). The van der Waals surface area contributed by atoms with Crippen molar-refractivity contribution < 1.29 is 23.6 Å². The third-order valence-electron chi connectivity index (χ3n) is 5.44. The molecule has 2 aliphatic rings. The number of hydrogen-bond acceptors (Lipinski definition) is 5. The van der Waals surface area contributed by atoms with Crippen LogP contribution in [0.3, 0.4) is 0 Å². The molecule has 0 aliphatic carbocycles. The Morgan fingerprint density at radius 3 is 2.39 bits per heavy atom. The number of amides is 1. The SMILES string of the molecule is COC(=O)[C@@H]1CN(C=O)CC1CCCB1OC(C)(C)C(C)(C)O1. The Balaban J connectivity index is 1.83. The first-order valence-electron chi connectivity index (χ1n) is 8.33. The Bertz CT molecular complexity index is 438. The van der Waals surface area contributed by atoms with Crippen LogP contribution in [-0.2, 0) is 23.6 Å². The first kappa shape index (κ1) is 18.3. The molecule has 0 bridgehead atoms. The third-order valence-corrected chi connectivity index (χ3v) is 5.44. The molecular formula is C16H28BNO5. The summed E-state index contributed by atoms with van der Waals surface area (Å²) in [6, 6.07) is 0. The Morgan fingerprint density at radius 1 is 1.26 bits per heavy atom. The standard InChI is InChI=1S/C16H28BNO5/c1-15(2)16(3,4)23-17(22-15)8-6-7-12-9-18(11-19)10-13(12)14(20)21-5/h11-13H,6-10H2,1-5H3/t12?,13-/m1/s1. The lowest BCUT2D eigenvalue weighted by Crippen LogP contribution is -2.41. The molecule has 0 aromatic carbocycles. The van der Waals surface area contributed by atoms with E-state index in [2.05, 4.69) is 0 Å². The molecule has 1 unspecified atom stereocenters. The van der Waals surface area contributed by atoms with Gasteiger partial charge in [-0.15, -0.1) is 0 Å². The van der Waals surface area contributed by atoms with E-state index in [1.807, 2.05) is 27.7 Å². The van der Waals surface area contributed by atoms with Crippen LogP contribution >= 0.6 is 0 Å². The van der Waals surface area contributed by atoms with Gasteiger partial charge >= 0.3 is 13.1 Å². The van der Waals surface area contributed by atoms with E-state index in [9.17, 15) is 9.59 Å². The van der Waals surface area contributed by atoms with E-state index in [-0.39, 0.29) is 36.1 Å². The normalized spacial score (nSPS) is 28.9. The molecule has 7 heteroatoms. The molecule has 2 heterocycles. The summed E-state index contributed by atoms with van der Waals surface area (Å²) in [7, 11) is 1.19. The summed E-state index contributed by atoms with van der Waals surface area (Å²) >= 11 is 0. The van der Waals surface area contributed by atoms with Gasteiger partial charge in [0, 0.05) is 13.1 Å². The Hall–Kier alpha value is -1.08. The molecule has 23 heavy (non-hydrogen) atoms. The van der Waals surface area contributed by atoms with Crippen LogP contribution < -0.4 is 0 Å². The summed E-state index contributed by atoms with van der Waals surface area (Å²) in [5.74, 6) is -0.298. The second kappa shape index (κ2) is 6.81. The lowest BCUT2D eigenvalue weighted by molar-refractivity contribution is -0.146. The lowest BCUT2D eigenvalue weighted by Gasteiger charge is -2.32. The first-order valence-corrected chi connectivity index (χ1v) is 8.33. The molecule has 0 aromatic rings. The topological polar surface area (TPSA) is 65.1 Å². The summed E-state index contributed by atoms with van der Waals surface area (Å²) < 4.78 is 16.8. The van der Waals surface area contributed by atoms with Crippen molar-refractivity contribution in [3.05, 3.63) is 0 Å². The minimum atomic E-state index is -0.312. The Morgan fingerprint density at radius 2 is 1.87 bits per heavy atom. The summed E-state index contributed by atoms with van der Waals surface area (Å²) in [6.07, 6.45) is 3.35. The van der Waals surface area contributed by atoms with E-state index in [0.29, 0.717) is 13.1 Å². The fraction of sp³-hybridized carbons (Fsp3) is 0.875. The molecule has 0 N–H and O–H groups in total. The molecule has 130 valence electrons. The monoisotopic (exact) mass is 325 g/mol. The molecule has 0 radical (unpaired) electrons. The minimum Gasteiger partial charge on any atom is -0.469 e. The summed E-state index contributed by atoms with van der Waals surface area (Å²) in [4.78, 5) is 24.5. The number of nitrogens with zero attached hydrogens (tertiary/aromatic N) is 1. The average molecular weight is 325 g/mol. The van der Waals surface area contributed by atoms with Crippen LogP contribution in [0.1, 0.15) is 40.5 Å². The van der Waals surface area contributed by atoms with Crippen LogP contribution in [-0.4, -0.2) is 55.8 Å². The van der Waals surface area contributed by atoms with Gasteiger partial charge in [0.25, 0.3) is 0 Å². The van der Waals surface area contributed by atoms with Gasteiger partial charge in [-0.05, 0) is 46.4 Å². The number of rotatable bonds is 6. The highest BCUT2D eigenvalue weighted by atomic mass is 16.7. The van der Waals surface area contributed by atoms with E-state index in [4.69, 9.17) is 14.0 Å². The highest BCUT2D eigenvalue weighted by Crippen LogP contribution is 2.38. The molecule has 2 saturated heterocycles. The second-order valence-electron chi connectivity index (χ2n) is 7.57. The maximum Gasteiger partial charge on any atom is 0.457 e. The third kappa shape index (κ3) is 3.88. The molecule has 2 aliphatic heterocycles. The van der Waals surface area contributed by atoms with E-state index in [1.165, 1.54) is 7.11 Å². The van der Waals surface area contributed by atoms with Gasteiger partial charge in [-0.2, -0.15) is 0 Å². The number of carbonyl (C=O) groups is 2. The maximum atomic E-state index is 11.9. The van der Waals surface area contributed by atoms with Crippen molar-refractivity contribution in [2.24, 2.45) is 11.8 Å². The predicted octanol–water partition coefficient (Wildman–Crippen LogP) is 1.74. The van der Waals surface area contributed by atoms with Gasteiger partial charge in [0.05, 0.1) is 24.2 Å². The zero-order valence-electron chi connectivity index (χ0n) is 14.8. The molecule has 6 nitrogen and oxygen atoms in total. The molecular weight excluding hydrogens is 297 g/mol. The molecule has 0 aromatic heterocycles. The van der Waals surface area contributed by atoms with Crippen LogP contribution in [0.5, 0.6) is 0 Å². The van der Waals surface area contributed by atoms with Crippen LogP contribution in [0.2, 0.25) is 6.32 Å². The quantitative estimate of drug-likeness (QED) is 0.423. The number of ether oxygens (including phenoxy) is 1. The molecule has 2 fully saturated rings. The van der Waals surface area contributed by atoms with E-state index < -0.39 is 0 Å². The largest absolute Gasteiger partial charge is 0.469 e. The van der Waals surface area contributed by atoms with Crippen LogP contribution in [0.25, 0.3) is 0 Å². The van der Waals surface area contributed by atoms with Gasteiger partial charge in [-0.25, -0.2) is 0 Å². The van der Waals surface area contributed by atoms with Crippen molar-refractivity contribution >= 4 is 19.5 Å². The van der Waals surface area contributed by atoms with Gasteiger partial charge < -0.3 is 18.9 Å². The molecule has 2 atom stereocenters. The van der Waals surface area contributed by atoms with Crippen molar-refractivity contribution in [2.75, 3.05) is 20.2 Å². The summed E-state index contributed by atoms with van der Waals surface area (Å²) in [5, 5.41) is 0. The highest BCUT2D eigenvalue weighted by Gasteiger charge is 2.50. The van der Waals surface area contributed by atoms with Crippen molar-refractivity contribution in [2.45, 2.75) is 58.1 Å². The van der Waals surface area contributed by atoms with Gasteiger partial charge in [0.15, 0.2) is 0 Å². The Labute approximate surface area is 139 Å².